The molecule has 0 saturated carbocycles. The van der Waals surface area contributed by atoms with Crippen molar-refractivity contribution in [2.45, 2.75) is 6.92 Å². The second-order valence-corrected chi connectivity index (χ2v) is 6.67. The van der Waals surface area contributed by atoms with Crippen LogP contribution in [0.3, 0.4) is 0 Å². The zero-order chi connectivity index (χ0) is 18.4. The van der Waals surface area contributed by atoms with E-state index in [9.17, 15) is 9.59 Å². The van der Waals surface area contributed by atoms with Crippen LogP contribution in [-0.4, -0.2) is 25.0 Å². The van der Waals surface area contributed by atoms with Crippen LogP contribution in [0.5, 0.6) is 5.75 Å². The number of benzene rings is 2. The maximum Gasteiger partial charge on any atom is 0.262 e. The topological polar surface area (TPSA) is 67.4 Å². The summed E-state index contributed by atoms with van der Waals surface area (Å²) in [5, 5.41) is 6.12. The van der Waals surface area contributed by atoms with E-state index in [1.165, 1.54) is 6.07 Å². The molecule has 0 aliphatic carbocycles. The summed E-state index contributed by atoms with van der Waals surface area (Å²) < 4.78 is 6.00. The first-order chi connectivity index (χ1) is 11.9. The standard InChI is InChI=1S/C17H15BrCl2N2O3/c1-2-21-17(24)10-4-3-5-12(6-10)22-15(23)9-25-16-13(18)7-11(19)8-14(16)20/h3-8H,2,9H2,1H3,(H,21,24)(H,22,23). The molecule has 0 heterocycles. The van der Waals surface area contributed by atoms with Gasteiger partial charge < -0.3 is 15.4 Å². The number of amides is 2. The Balaban J connectivity index is 1.99. The molecule has 0 fully saturated rings. The minimum Gasteiger partial charge on any atom is -0.481 e. The van der Waals surface area contributed by atoms with E-state index in [2.05, 4.69) is 26.6 Å². The quantitative estimate of drug-likeness (QED) is 0.686. The van der Waals surface area contributed by atoms with Crippen LogP contribution in [0.4, 0.5) is 5.69 Å². The number of rotatable bonds is 6. The van der Waals surface area contributed by atoms with Crippen molar-refractivity contribution in [1.29, 1.82) is 0 Å². The van der Waals surface area contributed by atoms with E-state index < -0.39 is 0 Å². The lowest BCUT2D eigenvalue weighted by atomic mass is 10.2. The third-order valence-electron chi connectivity index (χ3n) is 3.06. The molecule has 2 aromatic carbocycles. The van der Waals surface area contributed by atoms with E-state index in [0.717, 1.165) is 0 Å². The number of halogens is 3. The Labute approximate surface area is 163 Å². The molecule has 0 aliphatic heterocycles. The van der Waals surface area contributed by atoms with Crippen LogP contribution in [0.15, 0.2) is 40.9 Å². The van der Waals surface area contributed by atoms with Crippen molar-refractivity contribution in [2.75, 3.05) is 18.5 Å². The van der Waals surface area contributed by atoms with Crippen LogP contribution in [0, 0.1) is 0 Å². The van der Waals surface area contributed by atoms with E-state index in [1.54, 1.807) is 30.3 Å². The molecule has 0 spiro atoms. The van der Waals surface area contributed by atoms with Gasteiger partial charge in [-0.2, -0.15) is 0 Å². The molecular weight excluding hydrogens is 431 g/mol. The number of carbonyl (C=O) groups is 2. The smallest absolute Gasteiger partial charge is 0.262 e. The molecule has 132 valence electrons. The molecule has 0 atom stereocenters. The number of ether oxygens (including phenoxy) is 1. The predicted octanol–water partition coefficient (Wildman–Crippen LogP) is 4.52. The Bertz CT molecular complexity index is 776. The zero-order valence-corrected chi connectivity index (χ0v) is 16.3. The molecular formula is C17H15BrCl2N2O3. The number of carbonyl (C=O) groups excluding carboxylic acids is 2. The highest BCUT2D eigenvalue weighted by Crippen LogP contribution is 2.35. The highest BCUT2D eigenvalue weighted by Gasteiger charge is 2.12. The summed E-state index contributed by atoms with van der Waals surface area (Å²) in [4.78, 5) is 23.9. The molecule has 25 heavy (non-hydrogen) atoms. The maximum atomic E-state index is 12.1. The first-order valence-electron chi connectivity index (χ1n) is 7.36. The van der Waals surface area contributed by atoms with Gasteiger partial charge in [-0.05, 0) is 53.2 Å². The maximum absolute atomic E-state index is 12.1. The summed E-state index contributed by atoms with van der Waals surface area (Å²) >= 11 is 15.2. The Hall–Kier alpha value is -1.76. The summed E-state index contributed by atoms with van der Waals surface area (Å²) in [5.41, 5.74) is 0.961. The van der Waals surface area contributed by atoms with Crippen molar-refractivity contribution in [1.82, 2.24) is 5.32 Å². The fraction of sp³-hybridized carbons (Fsp3) is 0.176. The van der Waals surface area contributed by atoms with Gasteiger partial charge >= 0.3 is 0 Å². The predicted molar refractivity (Wildman–Crippen MR) is 103 cm³/mol. The molecule has 2 N–H and O–H groups in total. The highest BCUT2D eigenvalue weighted by molar-refractivity contribution is 9.10. The Morgan fingerprint density at radius 1 is 1.20 bits per heavy atom. The molecule has 0 aromatic heterocycles. The molecule has 0 aliphatic rings. The second-order valence-electron chi connectivity index (χ2n) is 4.98. The molecule has 8 heteroatoms. The lowest BCUT2D eigenvalue weighted by Crippen LogP contribution is -2.23. The molecule has 0 saturated heterocycles. The number of hydrogen-bond acceptors (Lipinski definition) is 3. The van der Waals surface area contributed by atoms with Crippen molar-refractivity contribution in [3.63, 3.8) is 0 Å². The average molecular weight is 446 g/mol. The van der Waals surface area contributed by atoms with Gasteiger partial charge in [0.1, 0.15) is 0 Å². The van der Waals surface area contributed by atoms with Gasteiger partial charge in [-0.3, -0.25) is 9.59 Å². The van der Waals surface area contributed by atoms with Crippen molar-refractivity contribution in [2.24, 2.45) is 0 Å². The van der Waals surface area contributed by atoms with Crippen molar-refractivity contribution < 1.29 is 14.3 Å². The van der Waals surface area contributed by atoms with Gasteiger partial charge in [0.25, 0.3) is 11.8 Å². The van der Waals surface area contributed by atoms with E-state index in [4.69, 9.17) is 27.9 Å². The zero-order valence-electron chi connectivity index (χ0n) is 13.2. The van der Waals surface area contributed by atoms with Gasteiger partial charge in [-0.25, -0.2) is 0 Å². The van der Waals surface area contributed by atoms with E-state index in [0.29, 0.717) is 38.1 Å². The molecule has 2 rings (SSSR count). The Kier molecular flexibility index (Phi) is 7.11. The monoisotopic (exact) mass is 444 g/mol. The van der Waals surface area contributed by atoms with Gasteiger partial charge in [-0.1, -0.05) is 29.3 Å². The molecule has 2 aromatic rings. The molecule has 0 unspecified atom stereocenters. The summed E-state index contributed by atoms with van der Waals surface area (Å²) in [6, 6.07) is 9.78. The lowest BCUT2D eigenvalue weighted by molar-refractivity contribution is -0.118. The van der Waals surface area contributed by atoms with Gasteiger partial charge in [0.15, 0.2) is 12.4 Å². The van der Waals surface area contributed by atoms with Crippen LogP contribution in [-0.2, 0) is 4.79 Å². The van der Waals surface area contributed by atoms with E-state index >= 15 is 0 Å². The minimum atomic E-state index is -0.383. The number of anilines is 1. The fourth-order valence-corrected chi connectivity index (χ4v) is 3.37. The Morgan fingerprint density at radius 3 is 2.64 bits per heavy atom. The van der Waals surface area contributed by atoms with Gasteiger partial charge in [-0.15, -0.1) is 0 Å². The summed E-state index contributed by atoms with van der Waals surface area (Å²) in [5.74, 6) is -0.255. The first kappa shape index (κ1) is 19.6. The molecule has 0 radical (unpaired) electrons. The van der Waals surface area contributed by atoms with Crippen LogP contribution < -0.4 is 15.4 Å². The highest BCUT2D eigenvalue weighted by atomic mass is 79.9. The molecule has 5 nitrogen and oxygen atoms in total. The number of hydrogen-bond donors (Lipinski definition) is 2. The van der Waals surface area contributed by atoms with Crippen LogP contribution in [0.25, 0.3) is 0 Å². The van der Waals surface area contributed by atoms with Gasteiger partial charge in [0.05, 0.1) is 9.50 Å². The summed E-state index contributed by atoms with van der Waals surface area (Å²) in [7, 11) is 0. The second kappa shape index (κ2) is 9.08. The van der Waals surface area contributed by atoms with Gasteiger partial charge in [0, 0.05) is 22.8 Å². The SMILES string of the molecule is CCNC(=O)c1cccc(NC(=O)COc2c(Cl)cc(Cl)cc2Br)c1. The van der Waals surface area contributed by atoms with Crippen LogP contribution >= 0.6 is 39.1 Å². The fourth-order valence-electron chi connectivity index (χ4n) is 2.00. The van der Waals surface area contributed by atoms with Crippen molar-refractivity contribution in [3.05, 3.63) is 56.5 Å². The lowest BCUT2D eigenvalue weighted by Gasteiger charge is -2.11. The summed E-state index contributed by atoms with van der Waals surface area (Å²) in [6.07, 6.45) is 0. The van der Waals surface area contributed by atoms with Crippen molar-refractivity contribution >= 4 is 56.6 Å². The first-order valence-corrected chi connectivity index (χ1v) is 8.91. The Morgan fingerprint density at radius 2 is 1.96 bits per heavy atom. The summed E-state index contributed by atoms with van der Waals surface area (Å²) in [6.45, 7) is 2.12. The van der Waals surface area contributed by atoms with Crippen LogP contribution in [0.2, 0.25) is 10.0 Å². The number of nitrogens with one attached hydrogen (secondary N) is 2. The van der Waals surface area contributed by atoms with Crippen molar-refractivity contribution in [3.8, 4) is 5.75 Å². The van der Waals surface area contributed by atoms with Crippen LogP contribution in [0.1, 0.15) is 17.3 Å². The normalized spacial score (nSPS) is 10.2. The third-order valence-corrected chi connectivity index (χ3v) is 4.14. The van der Waals surface area contributed by atoms with Gasteiger partial charge in [0.2, 0.25) is 0 Å². The minimum absolute atomic E-state index is 0.202. The average Bonchev–Trinajstić information content (AvgIpc) is 2.54. The largest absolute Gasteiger partial charge is 0.481 e. The molecule has 2 amide bonds. The third kappa shape index (κ3) is 5.63. The van der Waals surface area contributed by atoms with E-state index in [1.807, 2.05) is 6.92 Å². The van der Waals surface area contributed by atoms with E-state index in [-0.39, 0.29) is 18.4 Å². The molecule has 0 bridgehead atoms.